The number of para-hydroxylation sites is 1. The average molecular weight is 344 g/mol. The molecule has 0 aliphatic carbocycles. The lowest BCUT2D eigenvalue weighted by atomic mass is 10.1. The van der Waals surface area contributed by atoms with Crippen LogP contribution < -0.4 is 11.5 Å². The average Bonchev–Trinajstić information content (AvgIpc) is 2.63. The fourth-order valence-electron chi connectivity index (χ4n) is 1.88. The van der Waals surface area contributed by atoms with Crippen LogP contribution >= 0.6 is 24.0 Å². The minimum Gasteiger partial charge on any atom is -0.370 e. The number of hydrogen-bond acceptors (Lipinski definition) is 1. The predicted octanol–water partition coefficient (Wildman–Crippen LogP) is 1.91. The van der Waals surface area contributed by atoms with E-state index in [1.54, 1.807) is 0 Å². The molecule has 0 amide bonds. The van der Waals surface area contributed by atoms with Crippen molar-refractivity contribution in [1.29, 1.82) is 0 Å². The summed E-state index contributed by atoms with van der Waals surface area (Å²) in [6.45, 7) is 2.72. The van der Waals surface area contributed by atoms with E-state index in [2.05, 4.69) is 35.1 Å². The van der Waals surface area contributed by atoms with Crippen molar-refractivity contribution in [1.82, 2.24) is 4.98 Å². The molecule has 1 heterocycles. The van der Waals surface area contributed by atoms with E-state index in [1.165, 1.54) is 22.0 Å². The Morgan fingerprint density at radius 1 is 1.35 bits per heavy atom. The second-order valence-corrected chi connectivity index (χ2v) is 3.87. The van der Waals surface area contributed by atoms with Gasteiger partial charge in [-0.15, -0.1) is 24.0 Å². The van der Waals surface area contributed by atoms with Crippen molar-refractivity contribution in [2.45, 2.75) is 13.3 Å². The van der Waals surface area contributed by atoms with Crippen molar-refractivity contribution in [3.05, 3.63) is 35.5 Å². The minimum absolute atomic E-state index is 0. The van der Waals surface area contributed by atoms with Crippen molar-refractivity contribution in [3.63, 3.8) is 0 Å². The summed E-state index contributed by atoms with van der Waals surface area (Å²) >= 11 is 0. The van der Waals surface area contributed by atoms with Crippen LogP contribution in [0.15, 0.2) is 29.4 Å². The Labute approximate surface area is 118 Å². The number of aromatic nitrogens is 1. The molecule has 4 nitrogen and oxygen atoms in total. The second kappa shape index (κ2) is 5.90. The largest absolute Gasteiger partial charge is 0.370 e. The Morgan fingerprint density at radius 2 is 2.12 bits per heavy atom. The number of nitrogens with one attached hydrogen (secondary N) is 1. The van der Waals surface area contributed by atoms with E-state index in [-0.39, 0.29) is 29.9 Å². The predicted molar refractivity (Wildman–Crippen MR) is 82.8 cm³/mol. The number of H-pyrrole nitrogens is 1. The standard InChI is InChI=1S/C12H16N4.HI/c1-8-3-2-4-10-9(7-16-11(8)10)5-6-15-12(13)14;/h2-4,7,16H,5-6H2,1H3,(H4,13,14,15);1H. The van der Waals surface area contributed by atoms with Gasteiger partial charge >= 0.3 is 0 Å². The topological polar surface area (TPSA) is 80.2 Å². The number of hydrogen-bond donors (Lipinski definition) is 3. The summed E-state index contributed by atoms with van der Waals surface area (Å²) in [5.74, 6) is 0.149. The molecule has 5 heteroatoms. The van der Waals surface area contributed by atoms with Crippen molar-refractivity contribution in [2.24, 2.45) is 16.5 Å². The number of benzene rings is 1. The second-order valence-electron chi connectivity index (χ2n) is 3.87. The highest BCUT2D eigenvalue weighted by molar-refractivity contribution is 14.0. The van der Waals surface area contributed by atoms with E-state index in [4.69, 9.17) is 11.5 Å². The zero-order valence-electron chi connectivity index (χ0n) is 9.73. The molecule has 1 aromatic carbocycles. The van der Waals surface area contributed by atoms with Crippen LogP contribution in [0, 0.1) is 6.92 Å². The van der Waals surface area contributed by atoms with E-state index in [1.807, 2.05) is 6.20 Å². The fraction of sp³-hybridized carbons (Fsp3) is 0.250. The van der Waals surface area contributed by atoms with Gasteiger partial charge in [-0.25, -0.2) is 0 Å². The Kier molecular flexibility index (Phi) is 4.80. The van der Waals surface area contributed by atoms with Gasteiger partial charge in [0.25, 0.3) is 0 Å². The first kappa shape index (κ1) is 13.8. The number of nitrogens with two attached hydrogens (primary N) is 2. The number of aryl methyl sites for hydroxylation is 1. The molecule has 0 aliphatic heterocycles. The number of fused-ring (bicyclic) bond motifs is 1. The molecular formula is C12H17IN4. The number of guanidine groups is 1. The molecule has 0 bridgehead atoms. The zero-order valence-corrected chi connectivity index (χ0v) is 12.1. The molecular weight excluding hydrogens is 327 g/mol. The van der Waals surface area contributed by atoms with Gasteiger partial charge in [-0.1, -0.05) is 18.2 Å². The zero-order chi connectivity index (χ0) is 11.5. The molecule has 0 radical (unpaired) electrons. The quantitative estimate of drug-likeness (QED) is 0.452. The number of rotatable bonds is 3. The van der Waals surface area contributed by atoms with Crippen LogP contribution in [-0.4, -0.2) is 17.5 Å². The number of aliphatic imine (C=N–C) groups is 1. The van der Waals surface area contributed by atoms with Crippen molar-refractivity contribution < 1.29 is 0 Å². The highest BCUT2D eigenvalue weighted by Gasteiger charge is 2.04. The maximum atomic E-state index is 5.29. The SMILES string of the molecule is Cc1cccc2c(CCN=C(N)N)c[nH]c12.I. The summed E-state index contributed by atoms with van der Waals surface area (Å²) < 4.78 is 0. The third-order valence-corrected chi connectivity index (χ3v) is 2.69. The molecule has 0 saturated carbocycles. The maximum Gasteiger partial charge on any atom is 0.185 e. The molecule has 0 spiro atoms. The third-order valence-electron chi connectivity index (χ3n) is 2.69. The summed E-state index contributed by atoms with van der Waals surface area (Å²) in [6.07, 6.45) is 2.88. The summed E-state index contributed by atoms with van der Waals surface area (Å²) in [6, 6.07) is 6.28. The fourth-order valence-corrected chi connectivity index (χ4v) is 1.88. The molecule has 0 atom stereocenters. The molecule has 2 aromatic rings. The summed E-state index contributed by atoms with van der Waals surface area (Å²) in [4.78, 5) is 7.27. The highest BCUT2D eigenvalue weighted by atomic mass is 127. The Morgan fingerprint density at radius 3 is 2.82 bits per heavy atom. The smallest absolute Gasteiger partial charge is 0.185 e. The lowest BCUT2D eigenvalue weighted by Gasteiger charge is -1.98. The van der Waals surface area contributed by atoms with Gasteiger partial charge in [-0.2, -0.15) is 0 Å². The Hall–Kier alpha value is -1.24. The van der Waals surface area contributed by atoms with E-state index >= 15 is 0 Å². The van der Waals surface area contributed by atoms with Crippen molar-refractivity contribution >= 4 is 40.8 Å². The van der Waals surface area contributed by atoms with Crippen LogP contribution in [0.3, 0.4) is 0 Å². The first-order chi connectivity index (χ1) is 7.68. The molecule has 0 unspecified atom stereocenters. The summed E-state index contributed by atoms with van der Waals surface area (Å²) in [5, 5.41) is 1.26. The van der Waals surface area contributed by atoms with E-state index < -0.39 is 0 Å². The molecule has 2 rings (SSSR count). The van der Waals surface area contributed by atoms with Gasteiger partial charge < -0.3 is 16.5 Å². The monoisotopic (exact) mass is 344 g/mol. The maximum absolute atomic E-state index is 5.29. The van der Waals surface area contributed by atoms with E-state index in [9.17, 15) is 0 Å². The number of halogens is 1. The van der Waals surface area contributed by atoms with Crippen molar-refractivity contribution in [3.8, 4) is 0 Å². The van der Waals surface area contributed by atoms with Crippen LogP contribution in [0.5, 0.6) is 0 Å². The summed E-state index contributed by atoms with van der Waals surface area (Å²) in [7, 11) is 0. The van der Waals surface area contributed by atoms with E-state index in [0.29, 0.717) is 6.54 Å². The highest BCUT2D eigenvalue weighted by Crippen LogP contribution is 2.21. The summed E-state index contributed by atoms with van der Waals surface area (Å²) in [5.41, 5.74) is 14.3. The van der Waals surface area contributed by atoms with Gasteiger partial charge in [0.15, 0.2) is 5.96 Å². The third kappa shape index (κ3) is 3.12. The molecule has 0 fully saturated rings. The van der Waals surface area contributed by atoms with Crippen molar-refractivity contribution in [2.75, 3.05) is 6.54 Å². The van der Waals surface area contributed by atoms with Crippen LogP contribution in [0.25, 0.3) is 10.9 Å². The Balaban J connectivity index is 0.00000144. The minimum atomic E-state index is 0. The van der Waals surface area contributed by atoms with Crippen LogP contribution in [-0.2, 0) is 6.42 Å². The molecule has 17 heavy (non-hydrogen) atoms. The molecule has 1 aromatic heterocycles. The van der Waals surface area contributed by atoms with Gasteiger partial charge in [0, 0.05) is 23.6 Å². The van der Waals surface area contributed by atoms with Gasteiger partial charge in [0.2, 0.25) is 0 Å². The van der Waals surface area contributed by atoms with Gasteiger partial charge in [-0.05, 0) is 24.5 Å². The first-order valence-electron chi connectivity index (χ1n) is 5.29. The van der Waals surface area contributed by atoms with Crippen LogP contribution in [0.1, 0.15) is 11.1 Å². The van der Waals surface area contributed by atoms with Gasteiger partial charge in [0.05, 0.1) is 0 Å². The normalized spacial score (nSPS) is 9.94. The molecule has 5 N–H and O–H groups in total. The van der Waals surface area contributed by atoms with Gasteiger partial charge in [0.1, 0.15) is 0 Å². The molecule has 0 saturated heterocycles. The first-order valence-corrected chi connectivity index (χ1v) is 5.29. The lowest BCUT2D eigenvalue weighted by Crippen LogP contribution is -2.23. The molecule has 92 valence electrons. The van der Waals surface area contributed by atoms with Crippen LogP contribution in [0.2, 0.25) is 0 Å². The molecule has 0 aliphatic rings. The van der Waals surface area contributed by atoms with Crippen LogP contribution in [0.4, 0.5) is 0 Å². The van der Waals surface area contributed by atoms with Gasteiger partial charge in [-0.3, -0.25) is 4.99 Å². The van der Waals surface area contributed by atoms with E-state index in [0.717, 1.165) is 6.42 Å². The number of aromatic amines is 1. The lowest BCUT2D eigenvalue weighted by molar-refractivity contribution is 0.969. The Bertz CT molecular complexity index is 526. The number of nitrogens with zero attached hydrogens (tertiary/aromatic N) is 1.